The van der Waals surface area contributed by atoms with E-state index in [9.17, 15) is 0 Å². The second-order valence-electron chi connectivity index (χ2n) is 10.6. The Hall–Kier alpha value is -2.44. The fraction of sp³-hybridized carbons (Fsp3) is 0.189. The zero-order valence-electron chi connectivity index (χ0n) is 22.5. The van der Waals surface area contributed by atoms with Crippen molar-refractivity contribution in [2.45, 2.75) is 44.4 Å². The van der Waals surface area contributed by atoms with Crippen molar-refractivity contribution >= 4 is 17.2 Å². The second-order valence-corrected chi connectivity index (χ2v) is 10.6. The molecule has 3 heteroatoms. The van der Waals surface area contributed by atoms with Gasteiger partial charge in [-0.3, -0.25) is 0 Å². The van der Waals surface area contributed by atoms with Gasteiger partial charge in [0.25, 0.3) is 0 Å². The number of hydrogen-bond donors (Lipinski definition) is 0. The number of rotatable bonds is 4. The summed E-state index contributed by atoms with van der Waals surface area (Å²) in [6.45, 7) is 0. The molecule has 0 N–H and O–H groups in total. The average molecular weight is 638 g/mol. The monoisotopic (exact) mass is 635 g/mol. The maximum atomic E-state index is 3.87. The topological polar surface area (TPSA) is 0 Å². The zero-order chi connectivity index (χ0) is 24.6. The van der Waals surface area contributed by atoms with E-state index in [0.29, 0.717) is 5.92 Å². The second kappa shape index (κ2) is 13.5. The van der Waals surface area contributed by atoms with E-state index >= 15 is 0 Å². The van der Waals surface area contributed by atoms with Gasteiger partial charge in [0.15, 0.2) is 0 Å². The molecule has 0 saturated heterocycles. The van der Waals surface area contributed by atoms with Crippen LogP contribution in [0.4, 0.5) is 0 Å². The summed E-state index contributed by atoms with van der Waals surface area (Å²) in [6.07, 6.45) is 18.2. The van der Waals surface area contributed by atoms with Crippen molar-refractivity contribution in [3.63, 3.8) is 0 Å². The van der Waals surface area contributed by atoms with Crippen LogP contribution in [0.5, 0.6) is 0 Å². The van der Waals surface area contributed by atoms with E-state index in [1.807, 2.05) is 0 Å². The predicted molar refractivity (Wildman–Crippen MR) is 154 cm³/mol. The van der Waals surface area contributed by atoms with Crippen LogP contribution in [0.1, 0.15) is 72.3 Å². The summed E-state index contributed by atoms with van der Waals surface area (Å²) in [4.78, 5) is 0. The minimum Gasteiger partial charge on any atom is -1.00 e. The van der Waals surface area contributed by atoms with E-state index in [2.05, 4.69) is 115 Å². The fourth-order valence-corrected chi connectivity index (χ4v) is 6.63. The standard InChI is InChI=1S/C37H31.2ClH.Zr/c1-4-14-26(15-5-1)32-25-33-31-23-13-12-22-30(31)24-34(33)36(29-20-10-11-21-29)37(32)35(27-16-6-2-7-17-27)28-18-8-3-9-19-28;;;/h2-3,6-13,16-20,22-23,25-26H,1,4-5,14-15,21H2;2*1H;/q-1;;;+3/p-2. The Morgan fingerprint density at radius 2 is 1.32 bits per heavy atom. The molecular formula is C37H31Cl2Zr. The van der Waals surface area contributed by atoms with Gasteiger partial charge in [0.1, 0.15) is 0 Å². The third-order valence-electron chi connectivity index (χ3n) is 8.35. The van der Waals surface area contributed by atoms with Crippen molar-refractivity contribution < 1.29 is 51.0 Å². The Bertz CT molecular complexity index is 1720. The van der Waals surface area contributed by atoms with Gasteiger partial charge >= 0.3 is 26.2 Å². The first-order valence-corrected chi connectivity index (χ1v) is 13.8. The van der Waals surface area contributed by atoms with E-state index in [-0.39, 0.29) is 51.0 Å². The van der Waals surface area contributed by atoms with Gasteiger partial charge in [-0.05, 0) is 47.1 Å². The molecule has 4 aromatic carbocycles. The average Bonchev–Trinajstić information content (AvgIpc) is 3.63. The summed E-state index contributed by atoms with van der Waals surface area (Å²) in [5.41, 5.74) is 9.53. The molecule has 0 nitrogen and oxygen atoms in total. The molecule has 3 aliphatic rings. The van der Waals surface area contributed by atoms with Crippen LogP contribution in [0.15, 0.2) is 109 Å². The molecule has 1 radical (unpaired) electrons. The molecule has 0 atom stereocenters. The third kappa shape index (κ3) is 5.54. The molecule has 7 rings (SSSR count). The molecule has 0 spiro atoms. The van der Waals surface area contributed by atoms with E-state index in [4.69, 9.17) is 0 Å². The molecule has 3 aliphatic carbocycles. The largest absolute Gasteiger partial charge is 3.00 e. The molecule has 0 bridgehead atoms. The van der Waals surface area contributed by atoms with Crippen LogP contribution in [0.3, 0.4) is 0 Å². The molecule has 0 amide bonds. The first-order valence-electron chi connectivity index (χ1n) is 13.8. The van der Waals surface area contributed by atoms with Crippen LogP contribution < -0.4 is 35.3 Å². The van der Waals surface area contributed by atoms with Crippen molar-refractivity contribution in [1.82, 2.24) is 0 Å². The normalized spacial score (nSPS) is 14.9. The fourth-order valence-electron chi connectivity index (χ4n) is 6.63. The summed E-state index contributed by atoms with van der Waals surface area (Å²) in [6, 6.07) is 33.5. The number of fused-ring (bicyclic) bond motifs is 2. The van der Waals surface area contributed by atoms with Gasteiger partial charge in [0.05, 0.1) is 0 Å². The molecule has 0 aromatic heterocycles. The quantitative estimate of drug-likeness (QED) is 0.263. The van der Waals surface area contributed by atoms with Gasteiger partial charge < -0.3 is 24.8 Å². The van der Waals surface area contributed by atoms with Crippen molar-refractivity contribution in [1.29, 1.82) is 0 Å². The SMILES string of the molecule is [C-]1=c2ccccc2=c2cc(C3CCCCC3)c(=C(c3ccccc3)c3ccccc3)c(C3=CC=CC3)c21.[Cl-].[Cl-].[Zr+3]. The Labute approximate surface area is 268 Å². The number of allylic oxidation sites excluding steroid dienone is 4. The summed E-state index contributed by atoms with van der Waals surface area (Å²) >= 11 is 0. The van der Waals surface area contributed by atoms with E-state index in [0.717, 1.165) is 6.42 Å². The van der Waals surface area contributed by atoms with Crippen LogP contribution in [-0.2, 0) is 26.2 Å². The van der Waals surface area contributed by atoms with Gasteiger partial charge in [0.2, 0.25) is 0 Å². The van der Waals surface area contributed by atoms with Gasteiger partial charge in [-0.1, -0.05) is 139 Å². The first-order chi connectivity index (χ1) is 18.4. The molecule has 4 aromatic rings. The van der Waals surface area contributed by atoms with Gasteiger partial charge in [-0.25, -0.2) is 0 Å². The van der Waals surface area contributed by atoms with Gasteiger partial charge in [-0.2, -0.15) is 0 Å². The van der Waals surface area contributed by atoms with Crippen molar-refractivity contribution in [2.75, 3.05) is 0 Å². The Balaban J connectivity index is 0.00000123. The number of benzene rings is 4. The molecular weight excluding hydrogens is 607 g/mol. The minimum atomic E-state index is 0. The molecule has 0 heterocycles. The predicted octanol–water partition coefficient (Wildman–Crippen LogP) is 1.64. The molecule has 197 valence electrons. The van der Waals surface area contributed by atoms with Crippen molar-refractivity contribution in [3.05, 3.63) is 158 Å². The summed E-state index contributed by atoms with van der Waals surface area (Å²) in [5, 5.41) is 5.34. The number of halogens is 2. The Morgan fingerprint density at radius 3 is 1.95 bits per heavy atom. The van der Waals surface area contributed by atoms with Gasteiger partial charge in [-0.15, -0.1) is 33.4 Å². The Morgan fingerprint density at radius 1 is 0.700 bits per heavy atom. The van der Waals surface area contributed by atoms with Crippen molar-refractivity contribution in [3.8, 4) is 0 Å². The molecule has 0 unspecified atom stereocenters. The Kier molecular flexibility index (Phi) is 10.3. The molecule has 1 fully saturated rings. The summed E-state index contributed by atoms with van der Waals surface area (Å²) in [5.74, 6) is 0.581. The minimum absolute atomic E-state index is 0. The molecule has 40 heavy (non-hydrogen) atoms. The van der Waals surface area contributed by atoms with Crippen LogP contribution in [0.25, 0.3) is 17.2 Å². The van der Waals surface area contributed by atoms with Crippen LogP contribution >= 0.6 is 0 Å². The van der Waals surface area contributed by atoms with Crippen LogP contribution in [0.2, 0.25) is 0 Å². The van der Waals surface area contributed by atoms with Crippen molar-refractivity contribution in [2.24, 2.45) is 0 Å². The summed E-state index contributed by atoms with van der Waals surface area (Å²) < 4.78 is 0. The van der Waals surface area contributed by atoms with Crippen LogP contribution in [-0.4, -0.2) is 0 Å². The van der Waals surface area contributed by atoms with E-state index < -0.39 is 0 Å². The first kappa shape index (κ1) is 30.5. The van der Waals surface area contributed by atoms with E-state index in [1.165, 1.54) is 91.9 Å². The van der Waals surface area contributed by atoms with E-state index in [1.54, 1.807) is 0 Å². The zero-order valence-corrected chi connectivity index (χ0v) is 26.4. The third-order valence-corrected chi connectivity index (χ3v) is 8.35. The number of hydrogen-bond acceptors (Lipinski definition) is 0. The maximum Gasteiger partial charge on any atom is 3.00 e. The van der Waals surface area contributed by atoms with Crippen LogP contribution in [0, 0.1) is 10.4 Å². The van der Waals surface area contributed by atoms with Gasteiger partial charge in [0, 0.05) is 0 Å². The molecule has 0 aliphatic heterocycles. The maximum absolute atomic E-state index is 3.87. The smallest absolute Gasteiger partial charge is 1.00 e. The molecule has 1 saturated carbocycles. The summed E-state index contributed by atoms with van der Waals surface area (Å²) in [7, 11) is 0.